The number of tetrazole rings is 1. The zero-order valence-electron chi connectivity index (χ0n) is 22.5. The Bertz CT molecular complexity index is 1210. The summed E-state index contributed by atoms with van der Waals surface area (Å²) in [6.07, 6.45) is 3.09. The van der Waals surface area contributed by atoms with Gasteiger partial charge in [0.05, 0.1) is 24.3 Å². The molecule has 1 aromatic carbocycles. The molecule has 1 N–H and O–H groups in total. The predicted molar refractivity (Wildman–Crippen MR) is 140 cm³/mol. The van der Waals surface area contributed by atoms with Gasteiger partial charge >= 0.3 is 0 Å². The molecule has 9 nitrogen and oxygen atoms in total. The first-order valence-corrected chi connectivity index (χ1v) is 13.2. The summed E-state index contributed by atoms with van der Waals surface area (Å²) in [7, 11) is 0. The van der Waals surface area contributed by atoms with Crippen LogP contribution >= 0.6 is 0 Å². The second kappa shape index (κ2) is 11.1. The Kier molecular flexibility index (Phi) is 8.10. The molecule has 2 aromatic heterocycles. The number of nitrogens with zero attached hydrogens (tertiary/aromatic N) is 5. The van der Waals surface area contributed by atoms with E-state index >= 15 is 0 Å². The van der Waals surface area contributed by atoms with Crippen LogP contribution in [0.3, 0.4) is 0 Å². The molecule has 1 saturated heterocycles. The van der Waals surface area contributed by atoms with Gasteiger partial charge in [0.2, 0.25) is 0 Å². The maximum atomic E-state index is 13.2. The van der Waals surface area contributed by atoms with Gasteiger partial charge in [-0.3, -0.25) is 9.69 Å². The molecule has 1 fully saturated rings. The van der Waals surface area contributed by atoms with E-state index in [0.717, 1.165) is 48.3 Å². The first-order valence-electron chi connectivity index (χ1n) is 13.2. The molecule has 1 aliphatic rings. The van der Waals surface area contributed by atoms with Gasteiger partial charge in [-0.1, -0.05) is 20.8 Å². The maximum Gasteiger partial charge on any atom is 0.252 e. The summed E-state index contributed by atoms with van der Waals surface area (Å²) < 4.78 is 13.7. The molecule has 3 heterocycles. The third-order valence-corrected chi connectivity index (χ3v) is 7.26. The summed E-state index contributed by atoms with van der Waals surface area (Å²) in [5.41, 5.74) is 1.19. The molecule has 1 aliphatic heterocycles. The highest BCUT2D eigenvalue weighted by molar-refractivity contribution is 5.80. The number of H-pyrrole nitrogens is 1. The van der Waals surface area contributed by atoms with E-state index in [9.17, 15) is 4.79 Å². The number of ether oxygens (including phenoxy) is 2. The van der Waals surface area contributed by atoms with Gasteiger partial charge in [0.15, 0.2) is 5.82 Å². The molecule has 196 valence electrons. The first-order chi connectivity index (χ1) is 17.2. The number of aromatic amines is 1. The van der Waals surface area contributed by atoms with E-state index in [1.165, 1.54) is 0 Å². The summed E-state index contributed by atoms with van der Waals surface area (Å²) in [5.74, 6) is 1.83. The molecular formula is C27H40N6O3. The standard InChI is InChI=1S/C27H40N6O3/c1-7-27(5,6)33-25(29-30-31-33)24(18(3)4)32(17-22-10-9-13-36-22)16-20-14-19-15-21(35-8-2)11-12-23(19)28-26(20)34/h11-12,14-15,18,22,24H,7-10,13,16-17H2,1-6H3,(H,28,34)/t22-,24+/m1/s1. The van der Waals surface area contributed by atoms with Crippen LogP contribution in [0.2, 0.25) is 0 Å². The van der Waals surface area contributed by atoms with Crippen molar-refractivity contribution in [3.63, 3.8) is 0 Å². The zero-order valence-corrected chi connectivity index (χ0v) is 22.5. The smallest absolute Gasteiger partial charge is 0.252 e. The first kappa shape index (κ1) is 26.3. The van der Waals surface area contributed by atoms with Gasteiger partial charge in [0, 0.05) is 36.2 Å². The van der Waals surface area contributed by atoms with Crippen molar-refractivity contribution in [3.05, 3.63) is 46.0 Å². The van der Waals surface area contributed by atoms with Crippen LogP contribution in [0.25, 0.3) is 10.9 Å². The van der Waals surface area contributed by atoms with Crippen molar-refractivity contribution in [1.29, 1.82) is 0 Å². The van der Waals surface area contributed by atoms with Crippen molar-refractivity contribution < 1.29 is 9.47 Å². The lowest BCUT2D eigenvalue weighted by molar-refractivity contribution is 0.0368. The van der Waals surface area contributed by atoms with Crippen molar-refractivity contribution in [2.45, 2.75) is 85.0 Å². The average Bonchev–Trinajstić information content (AvgIpc) is 3.53. The number of pyridine rings is 1. The van der Waals surface area contributed by atoms with Crippen LogP contribution in [0.4, 0.5) is 0 Å². The third kappa shape index (κ3) is 5.62. The van der Waals surface area contributed by atoms with Gasteiger partial charge in [-0.25, -0.2) is 4.68 Å². The fourth-order valence-electron chi connectivity index (χ4n) is 4.99. The molecule has 0 saturated carbocycles. The van der Waals surface area contributed by atoms with E-state index < -0.39 is 0 Å². The fourth-order valence-corrected chi connectivity index (χ4v) is 4.99. The van der Waals surface area contributed by atoms with Gasteiger partial charge in [-0.15, -0.1) is 5.10 Å². The van der Waals surface area contributed by atoms with Crippen molar-refractivity contribution in [3.8, 4) is 5.75 Å². The molecule has 2 atom stereocenters. The van der Waals surface area contributed by atoms with E-state index in [1.54, 1.807) is 0 Å². The monoisotopic (exact) mass is 496 g/mol. The maximum absolute atomic E-state index is 13.2. The molecule has 0 unspecified atom stereocenters. The lowest BCUT2D eigenvalue weighted by Gasteiger charge is -2.36. The molecule has 0 bridgehead atoms. The lowest BCUT2D eigenvalue weighted by Crippen LogP contribution is -2.41. The van der Waals surface area contributed by atoms with E-state index in [4.69, 9.17) is 9.47 Å². The normalized spacial score (nSPS) is 17.4. The molecular weight excluding hydrogens is 456 g/mol. The van der Waals surface area contributed by atoms with Crippen LogP contribution in [0.1, 0.15) is 78.2 Å². The second-order valence-electron chi connectivity index (χ2n) is 10.7. The van der Waals surface area contributed by atoms with Crippen LogP contribution < -0.4 is 10.3 Å². The molecule has 36 heavy (non-hydrogen) atoms. The Labute approximate surface area is 213 Å². The predicted octanol–water partition coefficient (Wildman–Crippen LogP) is 4.44. The van der Waals surface area contributed by atoms with Crippen LogP contribution in [-0.4, -0.2) is 56.0 Å². The molecule has 0 aliphatic carbocycles. The molecule has 0 radical (unpaired) electrons. The van der Waals surface area contributed by atoms with Gasteiger partial charge in [-0.2, -0.15) is 0 Å². The number of hydrogen-bond donors (Lipinski definition) is 1. The summed E-state index contributed by atoms with van der Waals surface area (Å²) in [6, 6.07) is 7.66. The Balaban J connectivity index is 1.75. The van der Waals surface area contributed by atoms with Crippen LogP contribution in [0.5, 0.6) is 5.75 Å². The Hall–Kier alpha value is -2.78. The largest absolute Gasteiger partial charge is 0.494 e. The van der Waals surface area contributed by atoms with Crippen LogP contribution in [0, 0.1) is 5.92 Å². The molecule has 9 heteroatoms. The topological polar surface area (TPSA) is 98.2 Å². The molecule has 0 spiro atoms. The summed E-state index contributed by atoms with van der Waals surface area (Å²) in [6.45, 7) is 15.3. The van der Waals surface area contributed by atoms with Crippen molar-refractivity contribution in [1.82, 2.24) is 30.1 Å². The minimum Gasteiger partial charge on any atom is -0.494 e. The summed E-state index contributed by atoms with van der Waals surface area (Å²) in [5, 5.41) is 13.9. The zero-order chi connectivity index (χ0) is 25.9. The number of hydrogen-bond acceptors (Lipinski definition) is 7. The highest BCUT2D eigenvalue weighted by Crippen LogP contribution is 2.33. The highest BCUT2D eigenvalue weighted by Gasteiger charge is 2.35. The van der Waals surface area contributed by atoms with Gasteiger partial charge in [0.1, 0.15) is 5.75 Å². The Morgan fingerprint density at radius 1 is 1.28 bits per heavy atom. The highest BCUT2D eigenvalue weighted by atomic mass is 16.5. The van der Waals surface area contributed by atoms with Crippen molar-refractivity contribution in [2.75, 3.05) is 19.8 Å². The van der Waals surface area contributed by atoms with Crippen molar-refractivity contribution >= 4 is 10.9 Å². The van der Waals surface area contributed by atoms with Crippen molar-refractivity contribution in [2.24, 2.45) is 5.92 Å². The third-order valence-electron chi connectivity index (χ3n) is 7.26. The number of rotatable bonds is 11. The average molecular weight is 497 g/mol. The van der Waals surface area contributed by atoms with Gasteiger partial charge < -0.3 is 14.5 Å². The van der Waals surface area contributed by atoms with Gasteiger partial charge in [0.25, 0.3) is 5.56 Å². The van der Waals surface area contributed by atoms with E-state index in [2.05, 4.69) is 60.0 Å². The van der Waals surface area contributed by atoms with E-state index in [0.29, 0.717) is 25.3 Å². The number of aromatic nitrogens is 5. The SMILES string of the molecule is CCOc1ccc2[nH]c(=O)c(CN(C[C@H]3CCCO3)[C@H](c3nnnn3C(C)(C)CC)C(C)C)cc2c1. The quantitative estimate of drug-likeness (QED) is 0.419. The summed E-state index contributed by atoms with van der Waals surface area (Å²) in [4.78, 5) is 18.6. The lowest BCUT2D eigenvalue weighted by atomic mass is 9.97. The number of nitrogens with one attached hydrogen (secondary N) is 1. The fraction of sp³-hybridized carbons (Fsp3) is 0.630. The van der Waals surface area contributed by atoms with Crippen LogP contribution in [0.15, 0.2) is 29.1 Å². The van der Waals surface area contributed by atoms with Crippen LogP contribution in [-0.2, 0) is 16.8 Å². The second-order valence-corrected chi connectivity index (χ2v) is 10.7. The minimum atomic E-state index is -0.225. The Morgan fingerprint density at radius 3 is 2.75 bits per heavy atom. The summed E-state index contributed by atoms with van der Waals surface area (Å²) >= 11 is 0. The van der Waals surface area contributed by atoms with E-state index in [-0.39, 0.29) is 29.2 Å². The Morgan fingerprint density at radius 2 is 2.08 bits per heavy atom. The van der Waals surface area contributed by atoms with Gasteiger partial charge in [-0.05, 0) is 80.6 Å². The number of fused-ring (bicyclic) bond motifs is 1. The minimum absolute atomic E-state index is 0.0833. The van der Waals surface area contributed by atoms with E-state index in [1.807, 2.05) is 35.9 Å². The molecule has 4 rings (SSSR count). The molecule has 3 aromatic rings. The number of benzene rings is 1. The molecule has 0 amide bonds.